The summed E-state index contributed by atoms with van der Waals surface area (Å²) in [5.74, 6) is 3.12. The molecule has 19 heavy (non-hydrogen) atoms. The van der Waals surface area contributed by atoms with Crippen LogP contribution in [0.2, 0.25) is 0 Å². The first-order valence-electron chi connectivity index (χ1n) is 7.79. The van der Waals surface area contributed by atoms with Gasteiger partial charge in [0.1, 0.15) is 0 Å². The fourth-order valence-electron chi connectivity index (χ4n) is 5.45. The highest BCUT2D eigenvalue weighted by Crippen LogP contribution is 2.60. The number of halogens is 1. The summed E-state index contributed by atoms with van der Waals surface area (Å²) in [6.45, 7) is 6.33. The number of carbonyl (C=O) groups excluding carboxylic acids is 1. The molecule has 1 unspecified atom stereocenters. The molecule has 4 aliphatic carbocycles. The lowest BCUT2D eigenvalue weighted by molar-refractivity contribution is -0.145. The second kappa shape index (κ2) is 5.37. The summed E-state index contributed by atoms with van der Waals surface area (Å²) < 4.78 is 0. The van der Waals surface area contributed by atoms with Gasteiger partial charge in [-0.15, -0.1) is 0 Å². The van der Waals surface area contributed by atoms with E-state index in [1.165, 1.54) is 38.5 Å². The first kappa shape index (κ1) is 15.3. The average molecular weight is 285 g/mol. The second-order valence-corrected chi connectivity index (χ2v) is 7.61. The lowest BCUT2D eigenvalue weighted by Crippen LogP contribution is -3.00. The van der Waals surface area contributed by atoms with Crippen LogP contribution in [0.1, 0.15) is 59.3 Å². The number of hydrogen-bond acceptors (Lipinski definition) is 2. The number of ketones is 1. The van der Waals surface area contributed by atoms with Gasteiger partial charge in [-0.1, -0.05) is 13.8 Å². The molecular weight excluding hydrogens is 258 g/mol. The molecule has 110 valence electrons. The van der Waals surface area contributed by atoms with E-state index in [9.17, 15) is 4.79 Å². The smallest absolute Gasteiger partial charge is 0.155 e. The maximum absolute atomic E-state index is 12.9. The summed E-state index contributed by atoms with van der Waals surface area (Å²) in [6.07, 6.45) is 7.83. The normalized spacial score (nSPS) is 41.2. The summed E-state index contributed by atoms with van der Waals surface area (Å²) in [5.41, 5.74) is 0.0655. The predicted octanol–water partition coefficient (Wildman–Crippen LogP) is 0.162. The van der Waals surface area contributed by atoms with E-state index in [0.717, 1.165) is 17.8 Å². The van der Waals surface area contributed by atoms with Crippen LogP contribution in [-0.2, 0) is 4.79 Å². The fraction of sp³-hybridized carbons (Fsp3) is 0.938. The minimum absolute atomic E-state index is 0. The highest BCUT2D eigenvalue weighted by Gasteiger charge is 2.54. The summed E-state index contributed by atoms with van der Waals surface area (Å²) in [7, 11) is 0. The number of hydrogen-bond donors (Lipinski definition) is 1. The minimum Gasteiger partial charge on any atom is -1.00 e. The molecule has 0 amide bonds. The van der Waals surface area contributed by atoms with Crippen molar-refractivity contribution in [1.82, 2.24) is 5.32 Å². The minimum atomic E-state index is 0. The molecule has 4 rings (SSSR count). The standard InChI is InChI=1S/C16H27NO.ClH/c1-10(2)17-11(3)15(18)16-7-12-4-13(8-16)6-14(5-12)9-16;/h10-14,17H,4-9H2,1-3H3;1H/p-1. The molecule has 0 aromatic rings. The van der Waals surface area contributed by atoms with E-state index in [4.69, 9.17) is 0 Å². The zero-order valence-electron chi connectivity index (χ0n) is 12.4. The van der Waals surface area contributed by atoms with Gasteiger partial charge in [0.25, 0.3) is 0 Å². The van der Waals surface area contributed by atoms with Crippen LogP contribution in [0.3, 0.4) is 0 Å². The molecular formula is C16H27ClNO-. The molecule has 4 saturated carbocycles. The van der Waals surface area contributed by atoms with Gasteiger partial charge >= 0.3 is 0 Å². The van der Waals surface area contributed by atoms with E-state index in [2.05, 4.69) is 26.1 Å². The molecule has 3 heteroatoms. The van der Waals surface area contributed by atoms with Gasteiger partial charge in [-0.25, -0.2) is 0 Å². The van der Waals surface area contributed by atoms with Crippen LogP contribution in [0.4, 0.5) is 0 Å². The molecule has 0 saturated heterocycles. The van der Waals surface area contributed by atoms with Crippen LogP contribution < -0.4 is 17.7 Å². The van der Waals surface area contributed by atoms with Gasteiger partial charge in [0.15, 0.2) is 5.78 Å². The molecule has 0 aromatic carbocycles. The number of nitrogens with one attached hydrogen (secondary N) is 1. The van der Waals surface area contributed by atoms with Gasteiger partial charge in [-0.2, -0.15) is 0 Å². The molecule has 0 spiro atoms. The molecule has 4 fully saturated rings. The van der Waals surface area contributed by atoms with E-state index >= 15 is 0 Å². The Morgan fingerprint density at radius 2 is 1.42 bits per heavy atom. The molecule has 0 radical (unpaired) electrons. The van der Waals surface area contributed by atoms with Crippen LogP contribution in [0.25, 0.3) is 0 Å². The van der Waals surface area contributed by atoms with E-state index in [1.54, 1.807) is 0 Å². The summed E-state index contributed by atoms with van der Waals surface area (Å²) >= 11 is 0. The van der Waals surface area contributed by atoms with Crippen molar-refractivity contribution in [1.29, 1.82) is 0 Å². The third-order valence-electron chi connectivity index (χ3n) is 5.54. The van der Waals surface area contributed by atoms with Crippen molar-refractivity contribution in [2.45, 2.75) is 71.4 Å². The lowest BCUT2D eigenvalue weighted by atomic mass is 9.48. The quantitative estimate of drug-likeness (QED) is 0.797. The number of Topliss-reactive ketones (excluding diaryl/α,β-unsaturated/α-hetero) is 1. The van der Waals surface area contributed by atoms with Crippen LogP contribution in [0, 0.1) is 23.2 Å². The first-order chi connectivity index (χ1) is 8.48. The zero-order chi connectivity index (χ0) is 12.9. The largest absolute Gasteiger partial charge is 1.00 e. The Kier molecular flexibility index (Phi) is 4.32. The second-order valence-electron chi connectivity index (χ2n) is 7.61. The molecule has 0 heterocycles. The SMILES string of the molecule is CC(C)NC(C)C(=O)C12CC3CC(CC(C3)C1)C2.[Cl-]. The van der Waals surface area contributed by atoms with Gasteiger partial charge in [0.05, 0.1) is 6.04 Å². The van der Waals surface area contributed by atoms with E-state index in [1.807, 2.05) is 0 Å². The molecule has 0 aliphatic heterocycles. The Morgan fingerprint density at radius 3 is 1.79 bits per heavy atom. The lowest BCUT2D eigenvalue weighted by Gasteiger charge is -2.56. The maximum atomic E-state index is 12.9. The summed E-state index contributed by atoms with van der Waals surface area (Å²) in [5, 5.41) is 3.42. The van der Waals surface area contributed by atoms with Gasteiger partial charge in [0.2, 0.25) is 0 Å². The first-order valence-corrected chi connectivity index (χ1v) is 7.79. The van der Waals surface area contributed by atoms with Gasteiger partial charge in [0, 0.05) is 11.5 Å². The molecule has 4 bridgehead atoms. The zero-order valence-corrected chi connectivity index (χ0v) is 13.2. The van der Waals surface area contributed by atoms with Crippen molar-refractivity contribution >= 4 is 5.78 Å². The highest BCUT2D eigenvalue weighted by atomic mass is 35.5. The van der Waals surface area contributed by atoms with Crippen molar-refractivity contribution in [2.24, 2.45) is 23.2 Å². The Morgan fingerprint density at radius 1 is 1.00 bits per heavy atom. The van der Waals surface area contributed by atoms with E-state index in [0.29, 0.717) is 11.8 Å². The van der Waals surface area contributed by atoms with E-state index < -0.39 is 0 Å². The fourth-order valence-corrected chi connectivity index (χ4v) is 5.45. The molecule has 2 nitrogen and oxygen atoms in total. The van der Waals surface area contributed by atoms with Crippen molar-refractivity contribution in [3.8, 4) is 0 Å². The highest BCUT2D eigenvalue weighted by molar-refractivity contribution is 5.89. The maximum Gasteiger partial charge on any atom is 0.155 e. The molecule has 1 atom stereocenters. The van der Waals surface area contributed by atoms with Crippen LogP contribution in [-0.4, -0.2) is 17.9 Å². The number of carbonyl (C=O) groups is 1. The average Bonchev–Trinajstić information content (AvgIpc) is 2.25. The molecule has 4 aliphatic rings. The number of rotatable bonds is 4. The predicted molar refractivity (Wildman–Crippen MR) is 73.3 cm³/mol. The van der Waals surface area contributed by atoms with Crippen LogP contribution in [0.15, 0.2) is 0 Å². The Labute approximate surface area is 123 Å². The van der Waals surface area contributed by atoms with Crippen LogP contribution in [0.5, 0.6) is 0 Å². The summed E-state index contributed by atoms with van der Waals surface area (Å²) in [4.78, 5) is 12.9. The van der Waals surface area contributed by atoms with Gasteiger partial charge < -0.3 is 17.7 Å². The Hall–Kier alpha value is -0.0800. The van der Waals surface area contributed by atoms with Gasteiger partial charge in [-0.05, 0) is 63.2 Å². The van der Waals surface area contributed by atoms with Crippen molar-refractivity contribution < 1.29 is 17.2 Å². The third kappa shape index (κ3) is 2.71. The van der Waals surface area contributed by atoms with Crippen molar-refractivity contribution in [3.63, 3.8) is 0 Å². The Bertz CT molecular complexity index is 317. The topological polar surface area (TPSA) is 29.1 Å². The van der Waals surface area contributed by atoms with E-state index in [-0.39, 0.29) is 23.9 Å². The van der Waals surface area contributed by atoms with Crippen LogP contribution >= 0.6 is 0 Å². The third-order valence-corrected chi connectivity index (χ3v) is 5.54. The van der Waals surface area contributed by atoms with Crippen molar-refractivity contribution in [3.05, 3.63) is 0 Å². The summed E-state index contributed by atoms with van der Waals surface area (Å²) in [6, 6.07) is 0.444. The monoisotopic (exact) mass is 284 g/mol. The Balaban J connectivity index is 0.00000133. The molecule has 1 N–H and O–H groups in total. The van der Waals surface area contributed by atoms with Gasteiger partial charge in [-0.3, -0.25) is 4.79 Å². The molecule has 0 aromatic heterocycles. The van der Waals surface area contributed by atoms with Crippen molar-refractivity contribution in [2.75, 3.05) is 0 Å².